The number of ether oxygens (including phenoxy) is 1. The van der Waals surface area contributed by atoms with Crippen LogP contribution in [0.5, 0.6) is 5.75 Å². The molecule has 170 valence electrons. The Balaban J connectivity index is 1.83. The summed E-state index contributed by atoms with van der Waals surface area (Å²) in [5.74, 6) is 0.903. The maximum absolute atomic E-state index is 5.41. The Morgan fingerprint density at radius 3 is 2.00 bits per heavy atom. The number of benzene rings is 1. The van der Waals surface area contributed by atoms with E-state index in [0.717, 1.165) is 24.4 Å². The lowest BCUT2D eigenvalue weighted by Gasteiger charge is -2.23. The van der Waals surface area contributed by atoms with E-state index in [4.69, 9.17) is 4.74 Å². The second-order valence-corrected chi connectivity index (χ2v) is 8.67. The van der Waals surface area contributed by atoms with E-state index in [1.165, 1.54) is 95.7 Å². The molecule has 0 aliphatic heterocycles. The van der Waals surface area contributed by atoms with E-state index < -0.39 is 0 Å². The van der Waals surface area contributed by atoms with E-state index in [-0.39, 0.29) is 0 Å². The lowest BCUT2D eigenvalue weighted by Crippen LogP contribution is -2.29. The van der Waals surface area contributed by atoms with E-state index in [1.807, 2.05) is 12.4 Å². The highest BCUT2D eigenvalue weighted by molar-refractivity contribution is 5.77. The number of unbranched alkanes of at least 4 members (excludes halogenated alkanes) is 10. The minimum Gasteiger partial charge on any atom is -0.497 e. The van der Waals surface area contributed by atoms with Crippen molar-refractivity contribution in [2.24, 2.45) is 0 Å². The molecule has 4 heteroatoms. The van der Waals surface area contributed by atoms with E-state index in [1.54, 1.807) is 7.11 Å². The fourth-order valence-corrected chi connectivity index (χ4v) is 4.16. The third-order valence-electron chi connectivity index (χ3n) is 6.14. The monoisotopic (exact) mass is 415 g/mol. The van der Waals surface area contributed by atoms with Gasteiger partial charge in [0.05, 0.1) is 24.5 Å². The first-order valence-electron chi connectivity index (χ1n) is 12.5. The summed E-state index contributed by atoms with van der Waals surface area (Å²) in [4.78, 5) is 7.25. The lowest BCUT2D eigenvalue weighted by molar-refractivity contribution is 0.251. The molecule has 0 aliphatic rings. The van der Waals surface area contributed by atoms with Crippen LogP contribution in [0.1, 0.15) is 90.9 Å². The number of imidazole rings is 1. The molecular weight excluding hydrogens is 370 g/mol. The van der Waals surface area contributed by atoms with Crippen LogP contribution in [0.3, 0.4) is 0 Å². The van der Waals surface area contributed by atoms with Crippen LogP contribution in [0.4, 0.5) is 0 Å². The van der Waals surface area contributed by atoms with E-state index in [0.29, 0.717) is 0 Å². The number of fused-ring (bicyclic) bond motifs is 1. The van der Waals surface area contributed by atoms with E-state index in [9.17, 15) is 0 Å². The van der Waals surface area contributed by atoms with Gasteiger partial charge in [0.1, 0.15) is 5.75 Å². The van der Waals surface area contributed by atoms with Gasteiger partial charge in [-0.1, -0.05) is 78.1 Å². The number of hydrogen-bond donors (Lipinski definition) is 0. The zero-order valence-corrected chi connectivity index (χ0v) is 19.9. The number of hydrogen-bond acceptors (Lipinski definition) is 3. The molecule has 0 saturated carbocycles. The fraction of sp³-hybridized carbons (Fsp3) is 0.731. The maximum atomic E-state index is 5.41. The zero-order chi connectivity index (χ0) is 21.4. The predicted molar refractivity (Wildman–Crippen MR) is 129 cm³/mol. The van der Waals surface area contributed by atoms with Gasteiger partial charge in [-0.3, -0.25) is 0 Å². The van der Waals surface area contributed by atoms with Crippen molar-refractivity contribution >= 4 is 11.0 Å². The average Bonchev–Trinajstić information content (AvgIpc) is 3.18. The molecule has 2 rings (SSSR count). The molecule has 1 heterocycles. The molecule has 0 atom stereocenters. The highest BCUT2D eigenvalue weighted by Gasteiger charge is 2.08. The molecule has 0 aliphatic carbocycles. The molecule has 0 spiro atoms. The summed E-state index contributed by atoms with van der Waals surface area (Å²) in [6.45, 7) is 9.14. The molecule has 0 unspecified atom stereocenters. The number of methoxy groups -OCH3 is 1. The molecular formula is C26H45N3O. The Morgan fingerprint density at radius 2 is 1.40 bits per heavy atom. The summed E-state index contributed by atoms with van der Waals surface area (Å²) in [7, 11) is 1.73. The highest BCUT2D eigenvalue weighted by atomic mass is 16.5. The Morgan fingerprint density at radius 1 is 0.800 bits per heavy atom. The van der Waals surface area contributed by atoms with Gasteiger partial charge in [0.15, 0.2) is 0 Å². The molecule has 0 saturated heterocycles. The van der Waals surface area contributed by atoms with Crippen LogP contribution in [-0.4, -0.2) is 41.2 Å². The zero-order valence-electron chi connectivity index (χ0n) is 19.9. The first-order valence-corrected chi connectivity index (χ1v) is 12.5. The summed E-state index contributed by atoms with van der Waals surface area (Å²) in [6, 6.07) is 6.15. The van der Waals surface area contributed by atoms with Crippen molar-refractivity contribution in [1.82, 2.24) is 14.5 Å². The summed E-state index contributed by atoms with van der Waals surface area (Å²) in [5, 5.41) is 0. The first-order chi connectivity index (χ1) is 14.8. The third kappa shape index (κ3) is 9.07. The molecule has 0 fully saturated rings. The van der Waals surface area contributed by atoms with Crippen molar-refractivity contribution in [2.45, 2.75) is 97.4 Å². The Hall–Kier alpha value is -1.55. The second kappa shape index (κ2) is 15.3. The first kappa shape index (κ1) is 24.7. The molecule has 4 nitrogen and oxygen atoms in total. The van der Waals surface area contributed by atoms with Crippen molar-refractivity contribution in [1.29, 1.82) is 0 Å². The van der Waals surface area contributed by atoms with Crippen LogP contribution in [0, 0.1) is 0 Å². The van der Waals surface area contributed by atoms with Crippen LogP contribution in [0.15, 0.2) is 24.5 Å². The van der Waals surface area contributed by atoms with Gasteiger partial charge in [-0.05, 0) is 38.1 Å². The normalized spacial score (nSPS) is 11.6. The number of nitrogens with zero attached hydrogens (tertiary/aromatic N) is 3. The van der Waals surface area contributed by atoms with Crippen molar-refractivity contribution in [2.75, 3.05) is 26.7 Å². The quantitative estimate of drug-likeness (QED) is 0.244. The number of aromatic nitrogens is 2. The van der Waals surface area contributed by atoms with Gasteiger partial charge in [-0.25, -0.2) is 4.98 Å². The van der Waals surface area contributed by atoms with Gasteiger partial charge in [-0.2, -0.15) is 0 Å². The summed E-state index contributed by atoms with van der Waals surface area (Å²) < 4.78 is 7.69. The molecule has 0 amide bonds. The van der Waals surface area contributed by atoms with Gasteiger partial charge in [-0.15, -0.1) is 0 Å². The molecule has 2 aromatic rings. The van der Waals surface area contributed by atoms with Crippen LogP contribution in [0.2, 0.25) is 0 Å². The van der Waals surface area contributed by atoms with Crippen LogP contribution in [0.25, 0.3) is 11.0 Å². The number of rotatable bonds is 18. The summed E-state index contributed by atoms with van der Waals surface area (Å²) in [5.41, 5.74) is 2.22. The van der Waals surface area contributed by atoms with E-state index in [2.05, 4.69) is 40.4 Å². The van der Waals surface area contributed by atoms with Gasteiger partial charge < -0.3 is 14.2 Å². The Kier molecular flexibility index (Phi) is 12.6. The van der Waals surface area contributed by atoms with Crippen molar-refractivity contribution in [3.8, 4) is 5.75 Å². The van der Waals surface area contributed by atoms with Crippen molar-refractivity contribution < 1.29 is 4.74 Å². The lowest BCUT2D eigenvalue weighted by atomic mass is 10.1. The minimum atomic E-state index is 0.903. The smallest absolute Gasteiger partial charge is 0.121 e. The van der Waals surface area contributed by atoms with Gasteiger partial charge in [0, 0.05) is 19.2 Å². The summed E-state index contributed by atoms with van der Waals surface area (Å²) in [6.07, 6.45) is 18.4. The van der Waals surface area contributed by atoms with Crippen molar-refractivity contribution in [3.63, 3.8) is 0 Å². The molecule has 1 aromatic heterocycles. The minimum absolute atomic E-state index is 0.903. The molecule has 1 aromatic carbocycles. The van der Waals surface area contributed by atoms with Gasteiger partial charge in [0.25, 0.3) is 0 Å². The maximum Gasteiger partial charge on any atom is 0.121 e. The SMILES string of the molecule is CCCCCCCCN(CCCCCCCC)CCn1cnc2ccc(OC)cc21. The molecule has 0 N–H and O–H groups in total. The average molecular weight is 416 g/mol. The Labute approximate surface area is 185 Å². The van der Waals surface area contributed by atoms with Crippen molar-refractivity contribution in [3.05, 3.63) is 24.5 Å². The largest absolute Gasteiger partial charge is 0.497 e. The second-order valence-electron chi connectivity index (χ2n) is 8.67. The fourth-order valence-electron chi connectivity index (χ4n) is 4.16. The molecule has 0 radical (unpaired) electrons. The van der Waals surface area contributed by atoms with Gasteiger partial charge in [0.2, 0.25) is 0 Å². The standard InChI is InChI=1S/C26H45N3O/c1-4-6-8-10-12-14-18-28(19-15-13-11-9-7-5-2)20-21-29-23-27-25-17-16-24(30-3)22-26(25)29/h16-17,22-23H,4-15,18-21H2,1-3H3. The highest BCUT2D eigenvalue weighted by Crippen LogP contribution is 2.20. The third-order valence-corrected chi connectivity index (χ3v) is 6.14. The van der Waals surface area contributed by atoms with Gasteiger partial charge >= 0.3 is 0 Å². The predicted octanol–water partition coefficient (Wildman–Crippen LogP) is 7.07. The summed E-state index contributed by atoms with van der Waals surface area (Å²) >= 11 is 0. The topological polar surface area (TPSA) is 30.3 Å². The van der Waals surface area contributed by atoms with E-state index >= 15 is 0 Å². The molecule has 0 bridgehead atoms. The molecule has 30 heavy (non-hydrogen) atoms. The van der Waals surface area contributed by atoms with Crippen LogP contribution >= 0.6 is 0 Å². The van der Waals surface area contributed by atoms with Crippen LogP contribution in [-0.2, 0) is 6.54 Å². The Bertz CT molecular complexity index is 666. The van der Waals surface area contributed by atoms with Crippen LogP contribution < -0.4 is 4.74 Å².